The van der Waals surface area contributed by atoms with Gasteiger partial charge in [0, 0.05) is 12.3 Å². The van der Waals surface area contributed by atoms with Gasteiger partial charge in [-0.3, -0.25) is 0 Å². The Labute approximate surface area is 49.2 Å². The quantitative estimate of drug-likeness (QED) is 0.462. The van der Waals surface area contributed by atoms with Crippen LogP contribution in [0.1, 0.15) is 0 Å². The van der Waals surface area contributed by atoms with Gasteiger partial charge in [0.1, 0.15) is 0 Å². The van der Waals surface area contributed by atoms with Gasteiger partial charge < -0.3 is 11.2 Å². The predicted octanol–water partition coefficient (Wildman–Crippen LogP) is -0.528. The molecule has 0 amide bonds. The Bertz CT molecular complexity index is 15.5. The molecule has 0 aliphatic carbocycles. The fraction of sp³-hybridized carbons (Fsp3) is 1.00. The molecule has 0 saturated heterocycles. The summed E-state index contributed by atoms with van der Waals surface area (Å²) in [5.41, 5.74) is 4.95. The molecule has 0 heterocycles. The monoisotopic (exact) mass is 131 g/mol. The maximum absolute atomic E-state index is 4.95. The van der Waals surface area contributed by atoms with Crippen LogP contribution in [0.2, 0.25) is 0 Å². The van der Waals surface area contributed by atoms with Crippen LogP contribution in [-0.2, 0) is 0 Å². The van der Waals surface area contributed by atoms with Gasteiger partial charge in [0.2, 0.25) is 0 Å². The van der Waals surface area contributed by atoms with E-state index in [4.69, 9.17) is 5.73 Å². The molecule has 0 bridgehead atoms. The van der Waals surface area contributed by atoms with Crippen molar-refractivity contribution >= 4 is 25.0 Å². The van der Waals surface area contributed by atoms with E-state index in [0.29, 0.717) is 6.54 Å². The molecule has 0 aromatic heterocycles. The van der Waals surface area contributed by atoms with Gasteiger partial charge in [-0.2, -0.15) is 12.6 Å². The minimum Gasteiger partial charge on any atom is -0.412 e. The van der Waals surface area contributed by atoms with E-state index in [1.54, 1.807) is 0 Å². The highest BCUT2D eigenvalue weighted by Gasteiger charge is 1.56. The Balaban J connectivity index is -0.0000000450. The summed E-state index contributed by atoms with van der Waals surface area (Å²) in [6.07, 6.45) is 0. The van der Waals surface area contributed by atoms with Crippen molar-refractivity contribution in [3.8, 4) is 0 Å². The second-order valence-corrected chi connectivity index (χ2v) is 0.959. The van der Waals surface area contributed by atoms with E-state index in [1.165, 1.54) is 0 Å². The van der Waals surface area contributed by atoms with E-state index in [2.05, 4.69) is 12.6 Å². The second-order valence-electron chi connectivity index (χ2n) is 0.512. The molecule has 0 aromatic rings. The molecule has 0 saturated carbocycles. The van der Waals surface area contributed by atoms with Crippen molar-refractivity contribution in [2.45, 2.75) is 0 Å². The van der Waals surface area contributed by atoms with Crippen molar-refractivity contribution < 1.29 is 5.48 Å². The highest BCUT2D eigenvalue weighted by molar-refractivity contribution is 7.80. The van der Waals surface area contributed by atoms with E-state index in [0.717, 1.165) is 5.75 Å². The van der Waals surface area contributed by atoms with E-state index in [1.807, 2.05) is 0 Å². The summed E-state index contributed by atoms with van der Waals surface area (Å²) in [5.74, 6) is 0.792. The molecule has 4 N–H and O–H groups in total. The third kappa shape index (κ3) is 23.7. The van der Waals surface area contributed by atoms with Crippen LogP contribution in [0.3, 0.4) is 0 Å². The molecule has 0 spiro atoms. The van der Waals surface area contributed by atoms with E-state index in [-0.39, 0.29) is 17.9 Å². The first-order valence-corrected chi connectivity index (χ1v) is 1.86. The molecule has 0 fully saturated rings. The third-order valence-corrected chi connectivity index (χ3v) is 0.387. The van der Waals surface area contributed by atoms with Gasteiger partial charge in [-0.05, 0) is 0 Å². The molecule has 0 atom stereocenters. The van der Waals surface area contributed by atoms with Crippen molar-refractivity contribution in [2.75, 3.05) is 12.3 Å². The summed E-state index contributed by atoms with van der Waals surface area (Å²) in [6.45, 7) is 0.684. The highest BCUT2D eigenvalue weighted by Crippen LogP contribution is 1.58. The first kappa shape index (κ1) is 16.0. The number of thiol groups is 1. The molecule has 0 aliphatic heterocycles. The van der Waals surface area contributed by atoms with E-state index < -0.39 is 0 Å². The minimum atomic E-state index is 0. The van der Waals surface area contributed by atoms with Crippen molar-refractivity contribution in [1.29, 1.82) is 0 Å². The molecular formula is C2H10ClNOS. The SMILES string of the molecule is Cl.NCCS.O. The largest absolute Gasteiger partial charge is 0.412 e. The molecule has 6 heavy (non-hydrogen) atoms. The third-order valence-electron chi connectivity index (χ3n) is 0.129. The van der Waals surface area contributed by atoms with Gasteiger partial charge in [0.25, 0.3) is 0 Å². The van der Waals surface area contributed by atoms with Crippen LogP contribution in [0.4, 0.5) is 0 Å². The zero-order chi connectivity index (χ0) is 3.41. The normalized spacial score (nSPS) is 5.00. The van der Waals surface area contributed by atoms with Crippen molar-refractivity contribution in [2.24, 2.45) is 5.73 Å². The van der Waals surface area contributed by atoms with Crippen LogP contribution in [0.15, 0.2) is 0 Å². The average Bonchev–Trinajstić information content (AvgIpc) is 1.37. The number of hydrogen-bond acceptors (Lipinski definition) is 2. The first-order chi connectivity index (χ1) is 1.91. The summed E-state index contributed by atoms with van der Waals surface area (Å²) in [7, 11) is 0. The molecular weight excluding hydrogens is 122 g/mol. The molecule has 0 aromatic carbocycles. The van der Waals surface area contributed by atoms with Crippen molar-refractivity contribution in [3.05, 3.63) is 0 Å². The zero-order valence-corrected chi connectivity index (χ0v) is 5.06. The molecule has 0 unspecified atom stereocenters. The van der Waals surface area contributed by atoms with Crippen LogP contribution >= 0.6 is 25.0 Å². The maximum atomic E-state index is 4.95. The highest BCUT2D eigenvalue weighted by atomic mass is 35.5. The Kier molecular flexibility index (Phi) is 47.0. The lowest BCUT2D eigenvalue weighted by molar-refractivity contribution is 0.824. The lowest BCUT2D eigenvalue weighted by atomic mass is 10.8. The van der Waals surface area contributed by atoms with Crippen LogP contribution in [0.25, 0.3) is 0 Å². The van der Waals surface area contributed by atoms with Gasteiger partial charge >= 0.3 is 0 Å². The molecule has 0 aliphatic rings. The summed E-state index contributed by atoms with van der Waals surface area (Å²) in [5, 5.41) is 0. The average molecular weight is 132 g/mol. The lowest BCUT2D eigenvalue weighted by Crippen LogP contribution is -1.97. The smallest absolute Gasteiger partial charge is 0.00255 e. The molecule has 42 valence electrons. The first-order valence-electron chi connectivity index (χ1n) is 1.22. The van der Waals surface area contributed by atoms with Gasteiger partial charge in [-0.15, -0.1) is 12.4 Å². The predicted molar refractivity (Wildman–Crippen MR) is 33.8 cm³/mol. The number of nitrogens with two attached hydrogens (primary N) is 1. The second kappa shape index (κ2) is 17.6. The van der Waals surface area contributed by atoms with Gasteiger partial charge in [-0.1, -0.05) is 0 Å². The number of rotatable bonds is 1. The fourth-order valence-corrected chi connectivity index (χ4v) is 0. The van der Waals surface area contributed by atoms with Gasteiger partial charge in [-0.25, -0.2) is 0 Å². The summed E-state index contributed by atoms with van der Waals surface area (Å²) in [6, 6.07) is 0. The summed E-state index contributed by atoms with van der Waals surface area (Å²) in [4.78, 5) is 0. The van der Waals surface area contributed by atoms with Crippen LogP contribution in [-0.4, -0.2) is 17.8 Å². The Morgan fingerprint density at radius 3 is 1.67 bits per heavy atom. The Hall–Kier alpha value is 0.560. The lowest BCUT2D eigenvalue weighted by Gasteiger charge is -1.69. The molecule has 0 rings (SSSR count). The van der Waals surface area contributed by atoms with Gasteiger partial charge in [0.15, 0.2) is 0 Å². The van der Waals surface area contributed by atoms with Gasteiger partial charge in [0.05, 0.1) is 0 Å². The van der Waals surface area contributed by atoms with E-state index in [9.17, 15) is 0 Å². The molecule has 2 nitrogen and oxygen atoms in total. The Morgan fingerprint density at radius 1 is 1.50 bits per heavy atom. The minimum absolute atomic E-state index is 0. The topological polar surface area (TPSA) is 57.5 Å². The molecule has 4 heteroatoms. The molecule has 0 radical (unpaired) electrons. The van der Waals surface area contributed by atoms with Crippen molar-refractivity contribution in [3.63, 3.8) is 0 Å². The van der Waals surface area contributed by atoms with Crippen LogP contribution < -0.4 is 5.73 Å². The number of halogens is 1. The standard InChI is InChI=1S/C2H7NS.ClH.H2O/c3-1-2-4;;/h4H,1-3H2;1H;1H2. The van der Waals surface area contributed by atoms with Crippen LogP contribution in [0.5, 0.6) is 0 Å². The fourth-order valence-electron chi connectivity index (χ4n) is 0. The van der Waals surface area contributed by atoms with Crippen molar-refractivity contribution in [1.82, 2.24) is 0 Å². The number of hydrogen-bond donors (Lipinski definition) is 2. The summed E-state index contributed by atoms with van der Waals surface area (Å²) >= 11 is 3.80. The van der Waals surface area contributed by atoms with Crippen LogP contribution in [0, 0.1) is 0 Å². The van der Waals surface area contributed by atoms with E-state index >= 15 is 0 Å². The summed E-state index contributed by atoms with van der Waals surface area (Å²) < 4.78 is 0. The maximum Gasteiger partial charge on any atom is 0.00255 e. The zero-order valence-electron chi connectivity index (χ0n) is 3.35. The Morgan fingerprint density at radius 2 is 1.67 bits per heavy atom.